The van der Waals surface area contributed by atoms with Crippen molar-refractivity contribution in [2.24, 2.45) is 0 Å². The normalized spacial score (nSPS) is 33.8. The molecule has 2 saturated heterocycles. The number of carbonyl (C=O) groups is 2. The highest BCUT2D eigenvalue weighted by molar-refractivity contribution is 6.05. The zero-order chi connectivity index (χ0) is 10.1. The number of hydrogen-bond acceptors (Lipinski definition) is 4. The summed E-state index contributed by atoms with van der Waals surface area (Å²) in [6, 6.07) is -0.293. The van der Waals surface area contributed by atoms with Crippen molar-refractivity contribution in [3.63, 3.8) is 0 Å². The third-order valence-electron chi connectivity index (χ3n) is 2.98. The largest absolute Gasteiger partial charge is 0.395 e. The quantitative estimate of drug-likeness (QED) is 0.550. The Hall–Kier alpha value is -0.940. The predicted octanol–water partition coefficient (Wildman–Crippen LogP) is -1.14. The summed E-state index contributed by atoms with van der Waals surface area (Å²) in [5, 5.41) is 11.4. The van der Waals surface area contributed by atoms with Gasteiger partial charge in [-0.3, -0.25) is 19.8 Å². The lowest BCUT2D eigenvalue weighted by atomic mass is 10.1. The molecule has 2 amide bonds. The molecule has 0 saturated carbocycles. The van der Waals surface area contributed by atoms with Gasteiger partial charge in [-0.25, -0.2) is 0 Å². The van der Waals surface area contributed by atoms with E-state index in [9.17, 15) is 9.59 Å². The first kappa shape index (κ1) is 9.61. The van der Waals surface area contributed by atoms with E-state index in [0.717, 1.165) is 19.4 Å². The summed E-state index contributed by atoms with van der Waals surface area (Å²) in [5.41, 5.74) is 0. The summed E-state index contributed by atoms with van der Waals surface area (Å²) in [4.78, 5) is 24.3. The smallest absolute Gasteiger partial charge is 0.244 e. The second-order valence-corrected chi connectivity index (χ2v) is 3.85. The second kappa shape index (κ2) is 3.67. The number of nitrogens with one attached hydrogen (secondary N) is 1. The van der Waals surface area contributed by atoms with Crippen molar-refractivity contribution in [2.75, 3.05) is 13.2 Å². The molecule has 2 fully saturated rings. The Kier molecular flexibility index (Phi) is 2.52. The van der Waals surface area contributed by atoms with Gasteiger partial charge in [-0.1, -0.05) is 0 Å². The molecule has 0 aromatic carbocycles. The fourth-order valence-electron chi connectivity index (χ4n) is 2.27. The van der Waals surface area contributed by atoms with Crippen LogP contribution < -0.4 is 5.32 Å². The molecular weight excluding hydrogens is 184 g/mol. The van der Waals surface area contributed by atoms with Gasteiger partial charge in [0, 0.05) is 6.04 Å². The number of rotatable bonds is 2. The summed E-state index contributed by atoms with van der Waals surface area (Å²) in [6.07, 6.45) is 2.15. The lowest BCUT2D eigenvalue weighted by Crippen LogP contribution is -2.44. The van der Waals surface area contributed by atoms with Gasteiger partial charge in [0.25, 0.3) is 0 Å². The van der Waals surface area contributed by atoms with E-state index in [-0.39, 0.29) is 36.9 Å². The van der Waals surface area contributed by atoms with Crippen molar-refractivity contribution in [3.8, 4) is 0 Å². The standard InChI is InChI=1S/C9H14N2O3/c12-5-6-2-1-3-11(6)7-4-8(13)10-9(7)14/h6-7,12H,1-5H2,(H,10,13,14)/t6-,7?/m0/s1. The molecule has 0 aromatic heterocycles. The minimum absolute atomic E-state index is 0.0525. The highest BCUT2D eigenvalue weighted by atomic mass is 16.3. The third-order valence-corrected chi connectivity index (χ3v) is 2.98. The van der Waals surface area contributed by atoms with Crippen LogP contribution in [0, 0.1) is 0 Å². The van der Waals surface area contributed by atoms with E-state index in [0.29, 0.717) is 0 Å². The van der Waals surface area contributed by atoms with Crippen LogP contribution in [0.15, 0.2) is 0 Å². The molecule has 0 aliphatic carbocycles. The molecule has 2 atom stereocenters. The number of hydrogen-bond donors (Lipinski definition) is 2. The first-order valence-corrected chi connectivity index (χ1v) is 4.92. The van der Waals surface area contributed by atoms with E-state index in [2.05, 4.69) is 5.32 Å². The highest BCUT2D eigenvalue weighted by Gasteiger charge is 2.40. The summed E-state index contributed by atoms with van der Waals surface area (Å²) in [6.45, 7) is 0.870. The Bertz CT molecular complexity index is 267. The van der Waals surface area contributed by atoms with E-state index in [1.807, 2.05) is 4.90 Å². The lowest BCUT2D eigenvalue weighted by Gasteiger charge is -2.26. The van der Waals surface area contributed by atoms with Gasteiger partial charge in [0.15, 0.2) is 0 Å². The van der Waals surface area contributed by atoms with Gasteiger partial charge in [0.1, 0.15) is 0 Å². The van der Waals surface area contributed by atoms with Crippen molar-refractivity contribution in [3.05, 3.63) is 0 Å². The molecule has 0 spiro atoms. The van der Waals surface area contributed by atoms with Crippen LogP contribution in [0.1, 0.15) is 19.3 Å². The number of aliphatic hydroxyl groups is 1. The molecule has 2 N–H and O–H groups in total. The van der Waals surface area contributed by atoms with Gasteiger partial charge in [-0.15, -0.1) is 0 Å². The Morgan fingerprint density at radius 3 is 2.86 bits per heavy atom. The number of aliphatic hydroxyl groups excluding tert-OH is 1. The molecule has 2 aliphatic heterocycles. The Morgan fingerprint density at radius 1 is 1.50 bits per heavy atom. The first-order valence-electron chi connectivity index (χ1n) is 4.92. The molecule has 5 nitrogen and oxygen atoms in total. The van der Waals surface area contributed by atoms with Crippen LogP contribution in [0.4, 0.5) is 0 Å². The average molecular weight is 198 g/mol. The molecular formula is C9H14N2O3. The Labute approximate surface area is 82.1 Å². The summed E-state index contributed by atoms with van der Waals surface area (Å²) in [5.74, 6) is -0.418. The van der Waals surface area contributed by atoms with Crippen LogP contribution in [0.3, 0.4) is 0 Å². The van der Waals surface area contributed by atoms with E-state index in [1.54, 1.807) is 0 Å². The van der Waals surface area contributed by atoms with Crippen LogP contribution in [0.25, 0.3) is 0 Å². The van der Waals surface area contributed by atoms with Crippen LogP contribution in [-0.4, -0.2) is 47.1 Å². The molecule has 14 heavy (non-hydrogen) atoms. The first-order chi connectivity index (χ1) is 6.72. The van der Waals surface area contributed by atoms with Crippen molar-refractivity contribution in [1.29, 1.82) is 0 Å². The topological polar surface area (TPSA) is 69.6 Å². The summed E-state index contributed by atoms with van der Waals surface area (Å²) < 4.78 is 0. The fraction of sp³-hybridized carbons (Fsp3) is 0.778. The molecule has 0 bridgehead atoms. The maximum absolute atomic E-state index is 11.4. The van der Waals surface area contributed by atoms with E-state index in [4.69, 9.17) is 5.11 Å². The molecule has 0 aromatic rings. The van der Waals surface area contributed by atoms with Crippen LogP contribution in [-0.2, 0) is 9.59 Å². The minimum atomic E-state index is -0.345. The minimum Gasteiger partial charge on any atom is -0.395 e. The van der Waals surface area contributed by atoms with Gasteiger partial charge in [0.2, 0.25) is 11.8 Å². The van der Waals surface area contributed by atoms with Gasteiger partial charge >= 0.3 is 0 Å². The third kappa shape index (κ3) is 1.53. The van der Waals surface area contributed by atoms with Gasteiger partial charge < -0.3 is 5.11 Å². The molecule has 2 aliphatic rings. The van der Waals surface area contributed by atoms with Crippen molar-refractivity contribution < 1.29 is 14.7 Å². The molecule has 1 unspecified atom stereocenters. The summed E-state index contributed by atoms with van der Waals surface area (Å²) in [7, 11) is 0. The maximum Gasteiger partial charge on any atom is 0.244 e. The van der Waals surface area contributed by atoms with E-state index < -0.39 is 0 Å². The number of likely N-dealkylation sites (tertiary alicyclic amines) is 1. The Morgan fingerprint density at radius 2 is 2.29 bits per heavy atom. The van der Waals surface area contributed by atoms with Gasteiger partial charge in [-0.2, -0.15) is 0 Å². The monoisotopic (exact) mass is 198 g/mol. The van der Waals surface area contributed by atoms with Crippen molar-refractivity contribution in [2.45, 2.75) is 31.3 Å². The van der Waals surface area contributed by atoms with Gasteiger partial charge in [0.05, 0.1) is 19.1 Å². The average Bonchev–Trinajstić information content (AvgIpc) is 2.71. The molecule has 2 rings (SSSR count). The predicted molar refractivity (Wildman–Crippen MR) is 48.4 cm³/mol. The highest BCUT2D eigenvalue weighted by Crippen LogP contribution is 2.23. The SMILES string of the molecule is O=C1CC(N2CCC[C@H]2CO)C(=O)N1. The number of amides is 2. The zero-order valence-electron chi connectivity index (χ0n) is 7.90. The van der Waals surface area contributed by atoms with Crippen molar-refractivity contribution in [1.82, 2.24) is 10.2 Å². The Balaban J connectivity index is 2.07. The van der Waals surface area contributed by atoms with Crippen molar-refractivity contribution >= 4 is 11.8 Å². The fourth-order valence-corrected chi connectivity index (χ4v) is 2.27. The molecule has 5 heteroatoms. The lowest BCUT2D eigenvalue weighted by molar-refractivity contribution is -0.126. The molecule has 2 heterocycles. The zero-order valence-corrected chi connectivity index (χ0v) is 7.90. The van der Waals surface area contributed by atoms with E-state index >= 15 is 0 Å². The molecule has 0 radical (unpaired) electrons. The summed E-state index contributed by atoms with van der Waals surface area (Å²) >= 11 is 0. The maximum atomic E-state index is 11.4. The second-order valence-electron chi connectivity index (χ2n) is 3.85. The van der Waals surface area contributed by atoms with Crippen LogP contribution >= 0.6 is 0 Å². The number of imide groups is 1. The number of nitrogens with zero attached hydrogens (tertiary/aromatic N) is 1. The number of carbonyl (C=O) groups excluding carboxylic acids is 2. The van der Waals surface area contributed by atoms with E-state index in [1.165, 1.54) is 0 Å². The molecule has 78 valence electrons. The van der Waals surface area contributed by atoms with Crippen LogP contribution in [0.2, 0.25) is 0 Å². The van der Waals surface area contributed by atoms with Crippen LogP contribution in [0.5, 0.6) is 0 Å². The van der Waals surface area contributed by atoms with Gasteiger partial charge in [-0.05, 0) is 19.4 Å².